The number of hydrogen-bond acceptors (Lipinski definition) is 6. The molecule has 0 saturated carbocycles. The highest BCUT2D eigenvalue weighted by Crippen LogP contribution is 2.26. The Kier molecular flexibility index (Phi) is 8.61. The van der Waals surface area contributed by atoms with Gasteiger partial charge in [0.2, 0.25) is 0 Å². The van der Waals surface area contributed by atoms with Gasteiger partial charge < -0.3 is 9.47 Å². The SMILES string of the molecule is COc1cc(CCN2CCOCC2)ccc1-n1nc(-c2cccc(Cl)c2)n(CC(=O)CC(C)C)c1=O. The molecule has 0 bridgehead atoms. The lowest BCUT2D eigenvalue weighted by molar-refractivity contribution is -0.120. The summed E-state index contributed by atoms with van der Waals surface area (Å²) in [5.74, 6) is 1.11. The third-order valence-electron chi connectivity index (χ3n) is 6.21. The summed E-state index contributed by atoms with van der Waals surface area (Å²) in [6.45, 7) is 8.23. The fraction of sp³-hybridized carbons (Fsp3) is 0.444. The van der Waals surface area contributed by atoms with Gasteiger partial charge in [0, 0.05) is 36.6 Å². The van der Waals surface area contributed by atoms with Crippen LogP contribution in [0.3, 0.4) is 0 Å². The summed E-state index contributed by atoms with van der Waals surface area (Å²) in [4.78, 5) is 28.6. The standard InChI is InChI=1S/C27H33ClN4O4/c1-19(2)15-23(33)18-31-26(21-5-4-6-22(28)17-21)29-32(27(31)34)24-8-7-20(16-25(24)35-3)9-10-30-11-13-36-14-12-30/h4-8,16-17,19H,9-15,18H2,1-3H3. The summed E-state index contributed by atoms with van der Waals surface area (Å²) in [7, 11) is 1.58. The molecule has 1 aliphatic rings. The Bertz CT molecular complexity index is 1260. The molecular weight excluding hydrogens is 480 g/mol. The summed E-state index contributed by atoms with van der Waals surface area (Å²) in [5.41, 5.74) is 1.89. The van der Waals surface area contributed by atoms with Crippen molar-refractivity contribution in [1.82, 2.24) is 19.2 Å². The van der Waals surface area contributed by atoms with Crippen LogP contribution < -0.4 is 10.4 Å². The number of carbonyl (C=O) groups is 1. The number of aromatic nitrogens is 3. The molecule has 1 aromatic heterocycles. The van der Waals surface area contributed by atoms with Crippen molar-refractivity contribution in [3.63, 3.8) is 0 Å². The highest BCUT2D eigenvalue weighted by atomic mass is 35.5. The zero-order valence-electron chi connectivity index (χ0n) is 21.1. The molecule has 2 aromatic carbocycles. The predicted octanol–water partition coefficient (Wildman–Crippen LogP) is 3.85. The summed E-state index contributed by atoms with van der Waals surface area (Å²) in [6, 6.07) is 12.9. The van der Waals surface area contributed by atoms with Gasteiger partial charge in [0.1, 0.15) is 11.4 Å². The first-order valence-electron chi connectivity index (χ1n) is 12.3. The molecule has 9 heteroatoms. The molecule has 0 aliphatic carbocycles. The Morgan fingerprint density at radius 2 is 1.94 bits per heavy atom. The normalized spacial score (nSPS) is 14.4. The molecule has 4 rings (SSSR count). The lowest BCUT2D eigenvalue weighted by Gasteiger charge is -2.26. The Morgan fingerprint density at radius 3 is 2.64 bits per heavy atom. The van der Waals surface area contributed by atoms with E-state index < -0.39 is 5.69 Å². The number of Topliss-reactive ketones (excluding diaryl/α,β-unsaturated/α-hetero) is 1. The summed E-state index contributed by atoms with van der Waals surface area (Å²) in [5, 5.41) is 5.16. The van der Waals surface area contributed by atoms with Crippen LogP contribution in [0, 0.1) is 5.92 Å². The second-order valence-corrected chi connectivity index (χ2v) is 9.90. The van der Waals surface area contributed by atoms with E-state index in [1.807, 2.05) is 38.1 Å². The third kappa shape index (κ3) is 6.24. The monoisotopic (exact) mass is 512 g/mol. The van der Waals surface area contributed by atoms with E-state index in [4.69, 9.17) is 21.1 Å². The Morgan fingerprint density at radius 1 is 1.17 bits per heavy atom. The lowest BCUT2D eigenvalue weighted by atomic mass is 10.1. The van der Waals surface area contributed by atoms with Gasteiger partial charge in [-0.3, -0.25) is 14.3 Å². The second kappa shape index (κ2) is 11.9. The van der Waals surface area contributed by atoms with Crippen LogP contribution >= 0.6 is 11.6 Å². The van der Waals surface area contributed by atoms with Gasteiger partial charge in [-0.05, 0) is 42.2 Å². The quantitative estimate of drug-likeness (QED) is 0.410. The van der Waals surface area contributed by atoms with Crippen molar-refractivity contribution in [2.75, 3.05) is 40.0 Å². The van der Waals surface area contributed by atoms with Crippen LogP contribution in [0.5, 0.6) is 5.75 Å². The number of ketones is 1. The number of benzene rings is 2. The second-order valence-electron chi connectivity index (χ2n) is 9.46. The van der Waals surface area contributed by atoms with Crippen molar-refractivity contribution in [2.45, 2.75) is 33.2 Å². The molecule has 8 nitrogen and oxygen atoms in total. The maximum atomic E-state index is 13.6. The number of carbonyl (C=O) groups excluding carboxylic acids is 1. The van der Waals surface area contributed by atoms with Crippen molar-refractivity contribution in [3.8, 4) is 22.8 Å². The Labute approximate surface area is 216 Å². The molecule has 0 spiro atoms. The number of morpholine rings is 1. The molecule has 192 valence electrons. The molecule has 0 amide bonds. The minimum Gasteiger partial charge on any atom is -0.494 e. The van der Waals surface area contributed by atoms with Crippen molar-refractivity contribution >= 4 is 17.4 Å². The molecular formula is C27H33ClN4O4. The number of halogens is 1. The predicted molar refractivity (Wildman–Crippen MR) is 140 cm³/mol. The van der Waals surface area contributed by atoms with Crippen molar-refractivity contribution in [2.24, 2.45) is 5.92 Å². The minimum atomic E-state index is -0.401. The van der Waals surface area contributed by atoms with Crippen LogP contribution in [0.1, 0.15) is 25.8 Å². The van der Waals surface area contributed by atoms with Gasteiger partial charge in [-0.25, -0.2) is 4.79 Å². The number of nitrogens with zero attached hydrogens (tertiary/aromatic N) is 4. The fourth-order valence-electron chi connectivity index (χ4n) is 4.40. The highest BCUT2D eigenvalue weighted by Gasteiger charge is 2.21. The first-order chi connectivity index (χ1) is 17.4. The van der Waals surface area contributed by atoms with Crippen LogP contribution in [-0.4, -0.2) is 65.0 Å². The van der Waals surface area contributed by atoms with E-state index in [1.165, 1.54) is 9.25 Å². The van der Waals surface area contributed by atoms with E-state index in [0.29, 0.717) is 34.3 Å². The summed E-state index contributed by atoms with van der Waals surface area (Å²) in [6.07, 6.45) is 1.24. The third-order valence-corrected chi connectivity index (χ3v) is 6.44. The van der Waals surface area contributed by atoms with Crippen LogP contribution in [-0.2, 0) is 22.5 Å². The maximum absolute atomic E-state index is 13.6. The lowest BCUT2D eigenvalue weighted by Crippen LogP contribution is -2.37. The average Bonchev–Trinajstić information content (AvgIpc) is 3.18. The highest BCUT2D eigenvalue weighted by molar-refractivity contribution is 6.30. The molecule has 1 saturated heterocycles. The first kappa shape index (κ1) is 26.1. The molecule has 36 heavy (non-hydrogen) atoms. The zero-order chi connectivity index (χ0) is 25.7. The van der Waals surface area contributed by atoms with Gasteiger partial charge in [0.05, 0.1) is 26.9 Å². The molecule has 1 aliphatic heterocycles. The molecule has 0 N–H and O–H groups in total. The number of methoxy groups -OCH3 is 1. The van der Waals surface area contributed by atoms with E-state index in [-0.39, 0.29) is 18.2 Å². The van der Waals surface area contributed by atoms with Gasteiger partial charge in [-0.1, -0.05) is 43.6 Å². The molecule has 2 heterocycles. The molecule has 0 atom stereocenters. The van der Waals surface area contributed by atoms with Crippen LogP contribution in [0.25, 0.3) is 17.1 Å². The summed E-state index contributed by atoms with van der Waals surface area (Å²) < 4.78 is 13.8. The van der Waals surface area contributed by atoms with E-state index in [1.54, 1.807) is 25.3 Å². The van der Waals surface area contributed by atoms with E-state index in [9.17, 15) is 9.59 Å². The van der Waals surface area contributed by atoms with Crippen LogP contribution in [0.4, 0.5) is 0 Å². The smallest absolute Gasteiger partial charge is 0.351 e. The van der Waals surface area contributed by atoms with Crippen molar-refractivity contribution in [3.05, 3.63) is 63.5 Å². The van der Waals surface area contributed by atoms with Crippen molar-refractivity contribution < 1.29 is 14.3 Å². The molecule has 3 aromatic rings. The largest absolute Gasteiger partial charge is 0.494 e. The van der Waals surface area contributed by atoms with Gasteiger partial charge in [0.25, 0.3) is 0 Å². The van der Waals surface area contributed by atoms with Gasteiger partial charge >= 0.3 is 5.69 Å². The van der Waals surface area contributed by atoms with Crippen molar-refractivity contribution in [1.29, 1.82) is 0 Å². The molecule has 1 fully saturated rings. The van der Waals surface area contributed by atoms with Gasteiger partial charge in [-0.15, -0.1) is 5.10 Å². The number of ether oxygens (including phenoxy) is 2. The maximum Gasteiger partial charge on any atom is 0.351 e. The fourth-order valence-corrected chi connectivity index (χ4v) is 4.59. The first-order valence-corrected chi connectivity index (χ1v) is 12.7. The molecule has 0 unspecified atom stereocenters. The Balaban J connectivity index is 1.68. The van der Waals surface area contributed by atoms with E-state index >= 15 is 0 Å². The van der Waals surface area contributed by atoms with Crippen LogP contribution in [0.2, 0.25) is 5.02 Å². The summed E-state index contributed by atoms with van der Waals surface area (Å²) >= 11 is 6.22. The number of hydrogen-bond donors (Lipinski definition) is 0. The minimum absolute atomic E-state index is 0.0275. The topological polar surface area (TPSA) is 78.6 Å². The zero-order valence-corrected chi connectivity index (χ0v) is 21.8. The van der Waals surface area contributed by atoms with Crippen LogP contribution in [0.15, 0.2) is 47.3 Å². The number of rotatable bonds is 10. The van der Waals surface area contributed by atoms with E-state index in [2.05, 4.69) is 10.00 Å². The van der Waals surface area contributed by atoms with Gasteiger partial charge in [-0.2, -0.15) is 4.68 Å². The average molecular weight is 513 g/mol. The van der Waals surface area contributed by atoms with Gasteiger partial charge in [0.15, 0.2) is 11.6 Å². The van der Waals surface area contributed by atoms with E-state index in [0.717, 1.165) is 44.8 Å². The molecule has 0 radical (unpaired) electrons. The Hall–Kier alpha value is -2.94.